The van der Waals surface area contributed by atoms with Gasteiger partial charge >= 0.3 is 0 Å². The van der Waals surface area contributed by atoms with Crippen molar-refractivity contribution in [2.45, 2.75) is 0 Å². The van der Waals surface area contributed by atoms with Crippen molar-refractivity contribution in [1.82, 2.24) is 19.6 Å². The lowest BCUT2D eigenvalue weighted by Gasteiger charge is -2.20. The number of hydrogen-bond acceptors (Lipinski definition) is 4. The number of para-hydroxylation sites is 2. The molecular weight excluding hydrogens is 353 g/mol. The monoisotopic (exact) mass is 369 g/mol. The topological polar surface area (TPSA) is 46.3 Å². The largest absolute Gasteiger partial charge is 0.329 e. The van der Waals surface area contributed by atoms with Gasteiger partial charge in [0.15, 0.2) is 5.82 Å². The summed E-state index contributed by atoms with van der Waals surface area (Å²) in [5.41, 5.74) is 2.28. The fourth-order valence-corrected chi connectivity index (χ4v) is 3.43. The summed E-state index contributed by atoms with van der Waals surface area (Å²) in [6.07, 6.45) is 0. The number of rotatable bonds is 3. The Labute approximate surface area is 160 Å². The van der Waals surface area contributed by atoms with E-state index in [9.17, 15) is 4.39 Å². The van der Waals surface area contributed by atoms with Crippen LogP contribution in [-0.2, 0) is 0 Å². The third kappa shape index (κ3) is 2.50. The van der Waals surface area contributed by atoms with Gasteiger partial charge in [0.05, 0.1) is 11.1 Å². The lowest BCUT2D eigenvalue weighted by Crippen LogP contribution is -2.13. The summed E-state index contributed by atoms with van der Waals surface area (Å²) in [7, 11) is 1.97. The molecule has 3 aromatic carbocycles. The van der Waals surface area contributed by atoms with Crippen molar-refractivity contribution in [3.8, 4) is 11.4 Å². The highest BCUT2D eigenvalue weighted by Crippen LogP contribution is 2.32. The zero-order chi connectivity index (χ0) is 19.1. The number of hydrogen-bond donors (Lipinski definition) is 0. The van der Waals surface area contributed by atoms with Crippen molar-refractivity contribution in [3.63, 3.8) is 0 Å². The molecule has 5 rings (SSSR count). The number of fused-ring (bicyclic) bond motifs is 3. The van der Waals surface area contributed by atoms with Gasteiger partial charge in [-0.15, -0.1) is 10.2 Å². The van der Waals surface area contributed by atoms with E-state index in [1.807, 2.05) is 66.5 Å². The van der Waals surface area contributed by atoms with Crippen LogP contribution in [0.3, 0.4) is 0 Å². The molecule has 5 nitrogen and oxygen atoms in total. The average molecular weight is 369 g/mol. The van der Waals surface area contributed by atoms with E-state index in [2.05, 4.69) is 10.2 Å². The minimum atomic E-state index is -0.341. The Morgan fingerprint density at radius 3 is 2.36 bits per heavy atom. The summed E-state index contributed by atoms with van der Waals surface area (Å²) in [6, 6.07) is 24.4. The van der Waals surface area contributed by atoms with Crippen LogP contribution >= 0.6 is 0 Å². The summed E-state index contributed by atoms with van der Waals surface area (Å²) in [6.45, 7) is 0. The van der Waals surface area contributed by atoms with Crippen molar-refractivity contribution in [2.24, 2.45) is 0 Å². The van der Waals surface area contributed by atoms with Gasteiger partial charge in [-0.05, 0) is 36.4 Å². The van der Waals surface area contributed by atoms with Gasteiger partial charge in [-0.3, -0.25) is 4.40 Å². The van der Waals surface area contributed by atoms with Crippen LogP contribution in [0.2, 0.25) is 0 Å². The fourth-order valence-electron chi connectivity index (χ4n) is 3.43. The van der Waals surface area contributed by atoms with Crippen LogP contribution in [-0.4, -0.2) is 26.6 Å². The van der Waals surface area contributed by atoms with E-state index in [1.165, 1.54) is 6.07 Å². The molecule has 0 fully saturated rings. The van der Waals surface area contributed by atoms with Gasteiger partial charge in [0.1, 0.15) is 11.6 Å². The summed E-state index contributed by atoms with van der Waals surface area (Å²) in [5.74, 6) is 1.29. The van der Waals surface area contributed by atoms with Crippen LogP contribution in [0, 0.1) is 5.82 Å². The standard InChI is InChI=1S/C22H16FN5/c1-27(15-9-3-2-4-10-15)20-17-12-6-8-14-19(17)28-21(25-26-22(28)24-20)16-11-5-7-13-18(16)23/h2-14H,1H3. The van der Waals surface area contributed by atoms with E-state index in [0.717, 1.165) is 22.4 Å². The average Bonchev–Trinajstić information content (AvgIpc) is 3.18. The Bertz CT molecular complexity index is 1300. The summed E-state index contributed by atoms with van der Waals surface area (Å²) in [5, 5.41) is 9.40. The first-order chi connectivity index (χ1) is 13.7. The van der Waals surface area contributed by atoms with Gasteiger partial charge in [0.2, 0.25) is 0 Å². The second-order valence-corrected chi connectivity index (χ2v) is 6.49. The van der Waals surface area contributed by atoms with Crippen molar-refractivity contribution < 1.29 is 4.39 Å². The number of aromatic nitrogens is 4. The van der Waals surface area contributed by atoms with Gasteiger partial charge in [0, 0.05) is 18.1 Å². The van der Waals surface area contributed by atoms with Gasteiger partial charge in [-0.2, -0.15) is 4.98 Å². The highest BCUT2D eigenvalue weighted by molar-refractivity contribution is 5.94. The molecule has 0 saturated carbocycles. The Hall–Kier alpha value is -3.80. The van der Waals surface area contributed by atoms with Crippen LogP contribution in [0.15, 0.2) is 78.9 Å². The maximum Gasteiger partial charge on any atom is 0.257 e. The molecule has 5 aromatic rings. The smallest absolute Gasteiger partial charge is 0.257 e. The first kappa shape index (κ1) is 16.4. The molecular formula is C22H16FN5. The Kier molecular flexibility index (Phi) is 3.76. The van der Waals surface area contributed by atoms with E-state index < -0.39 is 0 Å². The lowest BCUT2D eigenvalue weighted by molar-refractivity contribution is 0.630. The quantitative estimate of drug-likeness (QED) is 0.456. The molecule has 0 aliphatic heterocycles. The second-order valence-electron chi connectivity index (χ2n) is 6.49. The maximum absolute atomic E-state index is 14.4. The highest BCUT2D eigenvalue weighted by Gasteiger charge is 2.19. The highest BCUT2D eigenvalue weighted by atomic mass is 19.1. The minimum Gasteiger partial charge on any atom is -0.329 e. The third-order valence-electron chi connectivity index (χ3n) is 4.81. The first-order valence-corrected chi connectivity index (χ1v) is 8.91. The van der Waals surface area contributed by atoms with Crippen molar-refractivity contribution >= 4 is 28.2 Å². The van der Waals surface area contributed by atoms with Crippen LogP contribution < -0.4 is 4.90 Å². The normalized spacial score (nSPS) is 11.2. The third-order valence-corrected chi connectivity index (χ3v) is 4.81. The number of benzene rings is 3. The van der Waals surface area contributed by atoms with Crippen molar-refractivity contribution in [2.75, 3.05) is 11.9 Å². The molecule has 0 amide bonds. The van der Waals surface area contributed by atoms with Gasteiger partial charge in [0.25, 0.3) is 5.78 Å². The molecule has 0 radical (unpaired) electrons. The molecule has 136 valence electrons. The molecule has 0 aliphatic carbocycles. The first-order valence-electron chi connectivity index (χ1n) is 8.91. The Balaban J connectivity index is 1.81. The van der Waals surface area contributed by atoms with Crippen molar-refractivity contribution in [1.29, 1.82) is 0 Å². The molecule has 0 atom stereocenters. The van der Waals surface area contributed by atoms with Gasteiger partial charge in [-0.25, -0.2) is 4.39 Å². The second kappa shape index (κ2) is 6.42. The maximum atomic E-state index is 14.4. The number of nitrogens with zero attached hydrogens (tertiary/aromatic N) is 5. The molecule has 0 N–H and O–H groups in total. The van der Waals surface area contributed by atoms with Crippen LogP contribution in [0.5, 0.6) is 0 Å². The molecule has 6 heteroatoms. The van der Waals surface area contributed by atoms with E-state index in [-0.39, 0.29) is 5.82 Å². The van der Waals surface area contributed by atoms with E-state index in [4.69, 9.17) is 4.98 Å². The molecule has 28 heavy (non-hydrogen) atoms. The van der Waals surface area contributed by atoms with Crippen LogP contribution in [0.1, 0.15) is 0 Å². The van der Waals surface area contributed by atoms with E-state index in [1.54, 1.807) is 22.6 Å². The van der Waals surface area contributed by atoms with Crippen LogP contribution in [0.25, 0.3) is 28.1 Å². The van der Waals surface area contributed by atoms with Gasteiger partial charge in [-0.1, -0.05) is 42.5 Å². The summed E-state index contributed by atoms with van der Waals surface area (Å²) >= 11 is 0. The van der Waals surface area contributed by atoms with Crippen molar-refractivity contribution in [3.05, 3.63) is 84.7 Å². The molecule has 0 unspecified atom stereocenters. The molecule has 0 aliphatic rings. The number of anilines is 2. The summed E-state index contributed by atoms with van der Waals surface area (Å²) in [4.78, 5) is 6.76. The van der Waals surface area contributed by atoms with Gasteiger partial charge < -0.3 is 4.90 Å². The van der Waals surface area contributed by atoms with E-state index >= 15 is 0 Å². The Morgan fingerprint density at radius 1 is 0.821 bits per heavy atom. The summed E-state index contributed by atoms with van der Waals surface area (Å²) < 4.78 is 16.2. The molecule has 2 aromatic heterocycles. The number of halogens is 1. The molecule has 2 heterocycles. The zero-order valence-corrected chi connectivity index (χ0v) is 15.1. The van der Waals surface area contributed by atoms with E-state index in [0.29, 0.717) is 17.2 Å². The molecule has 0 bridgehead atoms. The zero-order valence-electron chi connectivity index (χ0n) is 15.1. The predicted molar refractivity (Wildman–Crippen MR) is 108 cm³/mol. The molecule has 0 spiro atoms. The Morgan fingerprint density at radius 2 is 1.54 bits per heavy atom. The molecule has 0 saturated heterocycles. The SMILES string of the molecule is CN(c1ccccc1)c1nc2nnc(-c3ccccc3F)n2c2ccccc12. The fraction of sp³-hybridized carbons (Fsp3) is 0.0455. The predicted octanol–water partition coefficient (Wildman–Crippen LogP) is 4.85. The lowest BCUT2D eigenvalue weighted by atomic mass is 10.2. The van der Waals surface area contributed by atoms with Crippen LogP contribution in [0.4, 0.5) is 15.9 Å². The minimum absolute atomic E-state index is 0.341.